The normalized spacial score (nSPS) is 11.6. The van der Waals surface area contributed by atoms with E-state index in [0.29, 0.717) is 0 Å². The molecule has 8 rings (SSSR count). The van der Waals surface area contributed by atoms with Crippen molar-refractivity contribution in [1.82, 2.24) is 0 Å². The molecular weight excluding hydrogens is 638 g/mol. The lowest BCUT2D eigenvalue weighted by atomic mass is 9.93. The summed E-state index contributed by atoms with van der Waals surface area (Å²) in [6.07, 6.45) is 0. The van der Waals surface area contributed by atoms with Gasteiger partial charge < -0.3 is 0 Å². The monoisotopic (exact) mass is 678 g/mol. The van der Waals surface area contributed by atoms with Crippen molar-refractivity contribution in [1.29, 1.82) is 0 Å². The first-order valence-electron chi connectivity index (χ1n) is 17.4. The van der Waals surface area contributed by atoms with Gasteiger partial charge in [0.2, 0.25) is 0 Å². The maximum absolute atomic E-state index is 2.45. The molecule has 0 aliphatic heterocycles. The fourth-order valence-corrected chi connectivity index (χ4v) is 12.7. The van der Waals surface area contributed by atoms with Crippen molar-refractivity contribution in [3.63, 3.8) is 0 Å². The van der Waals surface area contributed by atoms with Crippen molar-refractivity contribution in [3.8, 4) is 11.1 Å². The Labute approximate surface area is 299 Å². The smallest absolute Gasteiger partial charge is 0.000884 e. The van der Waals surface area contributed by atoms with Gasteiger partial charge in [-0.25, -0.2) is 0 Å². The predicted octanol–water partition coefficient (Wildman–Crippen LogP) is 10.4. The molecule has 8 aromatic rings. The molecule has 2 heteroatoms. The molecule has 0 nitrogen and oxygen atoms in total. The van der Waals surface area contributed by atoms with Crippen LogP contribution in [0.15, 0.2) is 170 Å². The van der Waals surface area contributed by atoms with Crippen LogP contribution >= 0.6 is 15.8 Å². The van der Waals surface area contributed by atoms with Crippen LogP contribution in [0.5, 0.6) is 0 Å². The first-order chi connectivity index (χ1) is 24.4. The Hall–Kier alpha value is -4.86. The highest BCUT2D eigenvalue weighted by atomic mass is 31.1. The number of hydrogen-bond acceptors (Lipinski definition) is 0. The molecule has 0 atom stereocenters. The van der Waals surface area contributed by atoms with Gasteiger partial charge in [-0.1, -0.05) is 192 Å². The van der Waals surface area contributed by atoms with E-state index in [1.165, 1.54) is 86.8 Å². The number of aryl methyl sites for hydroxylation is 4. The van der Waals surface area contributed by atoms with Gasteiger partial charge in [-0.2, -0.15) is 0 Å². The molecule has 0 unspecified atom stereocenters. The molecule has 50 heavy (non-hydrogen) atoms. The molecule has 0 amide bonds. The van der Waals surface area contributed by atoms with E-state index in [1.807, 2.05) is 0 Å². The van der Waals surface area contributed by atoms with Crippen molar-refractivity contribution in [3.05, 3.63) is 192 Å². The molecule has 0 saturated carbocycles. The summed E-state index contributed by atoms with van der Waals surface area (Å²) >= 11 is 0. The van der Waals surface area contributed by atoms with Crippen molar-refractivity contribution >= 4 is 69.2 Å². The molecule has 0 fully saturated rings. The Morgan fingerprint density at radius 1 is 0.300 bits per heavy atom. The maximum Gasteiger partial charge on any atom is -0.000884 e. The summed E-state index contributed by atoms with van der Waals surface area (Å²) < 4.78 is 0. The minimum absolute atomic E-state index is 0.895. The quantitative estimate of drug-likeness (QED) is 0.147. The van der Waals surface area contributed by atoms with Crippen LogP contribution in [0.25, 0.3) is 32.7 Å². The molecule has 0 radical (unpaired) electrons. The average molecular weight is 679 g/mol. The van der Waals surface area contributed by atoms with Crippen molar-refractivity contribution < 1.29 is 0 Å². The Morgan fingerprint density at radius 2 is 0.620 bits per heavy atom. The van der Waals surface area contributed by atoms with Gasteiger partial charge >= 0.3 is 0 Å². The zero-order valence-corrected chi connectivity index (χ0v) is 30.8. The molecule has 0 saturated heterocycles. The largest absolute Gasteiger partial charge is 0.0616 e. The Kier molecular flexibility index (Phi) is 8.93. The fraction of sp³-hybridized carbons (Fsp3) is 0.0833. The Morgan fingerprint density at radius 3 is 0.940 bits per heavy atom. The van der Waals surface area contributed by atoms with E-state index >= 15 is 0 Å². The van der Waals surface area contributed by atoms with Crippen LogP contribution in [0.1, 0.15) is 22.3 Å². The summed E-state index contributed by atoms with van der Waals surface area (Å²) in [7, 11) is -1.79. The summed E-state index contributed by atoms with van der Waals surface area (Å²) in [4.78, 5) is 0. The first-order valence-corrected chi connectivity index (χ1v) is 20.0. The summed E-state index contributed by atoms with van der Waals surface area (Å²) in [6.45, 7) is 8.87. The van der Waals surface area contributed by atoms with Gasteiger partial charge in [0.25, 0.3) is 0 Å². The van der Waals surface area contributed by atoms with E-state index in [9.17, 15) is 0 Å². The topological polar surface area (TPSA) is 0 Å². The molecule has 0 N–H and O–H groups in total. The van der Waals surface area contributed by atoms with Crippen molar-refractivity contribution in [2.45, 2.75) is 27.7 Å². The molecule has 0 bridgehead atoms. The second-order valence-electron chi connectivity index (χ2n) is 13.4. The minimum atomic E-state index is -0.895. The van der Waals surface area contributed by atoms with E-state index in [-0.39, 0.29) is 0 Å². The number of rotatable bonds is 7. The van der Waals surface area contributed by atoms with E-state index in [0.717, 1.165) is 0 Å². The third-order valence-electron chi connectivity index (χ3n) is 9.59. The number of benzene rings is 8. The lowest BCUT2D eigenvalue weighted by Gasteiger charge is -2.29. The van der Waals surface area contributed by atoms with E-state index in [1.54, 1.807) is 0 Å². The van der Waals surface area contributed by atoms with Crippen LogP contribution in [0.4, 0.5) is 0 Å². The third-order valence-corrected chi connectivity index (χ3v) is 14.5. The first kappa shape index (κ1) is 32.4. The van der Waals surface area contributed by atoms with Crippen molar-refractivity contribution in [2.75, 3.05) is 0 Å². The maximum atomic E-state index is 2.45. The fourth-order valence-electron chi connectivity index (χ4n) is 7.34. The summed E-state index contributed by atoms with van der Waals surface area (Å²) in [6, 6.07) is 64.4. The standard InChI is InChI=1S/C48H40P2/c1-33-13-9-19-39(29-33)49(40-20-10-14-34(2)30-40)45-27-25-37-17-5-7-23-43(37)47(45)48-44-24-8-6-18-38(44)26-28-46(48)50(41-21-11-15-35(3)31-41)42-22-12-16-36(4)32-42/h5-32H,1-4H3. The van der Waals surface area contributed by atoms with Gasteiger partial charge in [0.1, 0.15) is 0 Å². The molecule has 0 spiro atoms. The predicted molar refractivity (Wildman–Crippen MR) is 223 cm³/mol. The van der Waals surface area contributed by atoms with Gasteiger partial charge in [0.05, 0.1) is 0 Å². The van der Waals surface area contributed by atoms with Crippen LogP contribution < -0.4 is 31.8 Å². The van der Waals surface area contributed by atoms with Gasteiger partial charge in [-0.15, -0.1) is 0 Å². The van der Waals surface area contributed by atoms with Crippen LogP contribution in [0.3, 0.4) is 0 Å². The van der Waals surface area contributed by atoms with E-state index in [4.69, 9.17) is 0 Å². The van der Waals surface area contributed by atoms with Gasteiger partial charge in [0.15, 0.2) is 0 Å². The molecular formula is C48H40P2. The van der Waals surface area contributed by atoms with Gasteiger partial charge in [-0.05, 0) is 108 Å². The molecule has 8 aromatic carbocycles. The second-order valence-corrected chi connectivity index (χ2v) is 17.8. The Bertz CT molecular complexity index is 2240. The SMILES string of the molecule is Cc1cccc(P(c2cccc(C)c2)c2ccc3ccccc3c2-c2c(P(c3cccc(C)c3)c3cccc(C)c3)ccc3ccccc23)c1. The van der Waals surface area contributed by atoms with E-state index < -0.39 is 15.8 Å². The van der Waals surface area contributed by atoms with E-state index in [2.05, 4.69) is 198 Å². The third kappa shape index (κ3) is 6.20. The lowest BCUT2D eigenvalue weighted by Crippen LogP contribution is -2.26. The molecule has 242 valence electrons. The lowest BCUT2D eigenvalue weighted by molar-refractivity contribution is 1.49. The second kappa shape index (κ2) is 13.8. The van der Waals surface area contributed by atoms with Crippen molar-refractivity contribution in [2.24, 2.45) is 0 Å². The average Bonchev–Trinajstić information content (AvgIpc) is 3.12. The highest BCUT2D eigenvalue weighted by Crippen LogP contribution is 2.46. The highest BCUT2D eigenvalue weighted by molar-refractivity contribution is 7.80. The minimum Gasteiger partial charge on any atom is -0.0616 e. The molecule has 0 heterocycles. The molecule has 0 aliphatic carbocycles. The Balaban J connectivity index is 1.54. The zero-order valence-electron chi connectivity index (χ0n) is 29.1. The van der Waals surface area contributed by atoms with Gasteiger partial charge in [-0.3, -0.25) is 0 Å². The summed E-state index contributed by atoms with van der Waals surface area (Å²) in [5, 5.41) is 13.5. The summed E-state index contributed by atoms with van der Waals surface area (Å²) in [5.74, 6) is 0. The molecule has 0 aromatic heterocycles. The summed E-state index contributed by atoms with van der Waals surface area (Å²) in [5.41, 5.74) is 7.88. The number of fused-ring (bicyclic) bond motifs is 2. The molecule has 0 aliphatic rings. The van der Waals surface area contributed by atoms with Crippen LogP contribution in [-0.2, 0) is 0 Å². The van der Waals surface area contributed by atoms with Crippen LogP contribution in [0.2, 0.25) is 0 Å². The van der Waals surface area contributed by atoms with Crippen LogP contribution in [-0.4, -0.2) is 0 Å². The van der Waals surface area contributed by atoms with Crippen LogP contribution in [0, 0.1) is 27.7 Å². The highest BCUT2D eigenvalue weighted by Gasteiger charge is 2.28. The van der Waals surface area contributed by atoms with Gasteiger partial charge in [0, 0.05) is 0 Å². The number of hydrogen-bond donors (Lipinski definition) is 0. The zero-order chi connectivity index (χ0) is 34.2.